The van der Waals surface area contributed by atoms with Gasteiger partial charge in [0.15, 0.2) is 0 Å². The van der Waals surface area contributed by atoms with E-state index >= 15 is 0 Å². The summed E-state index contributed by atoms with van der Waals surface area (Å²) in [5.74, 6) is -0.349. The predicted octanol–water partition coefficient (Wildman–Crippen LogP) is 1.88. The Kier molecular flexibility index (Phi) is 3.86. The van der Waals surface area contributed by atoms with Gasteiger partial charge >= 0.3 is 5.97 Å². The van der Waals surface area contributed by atoms with Gasteiger partial charge in [-0.1, -0.05) is 6.07 Å². The van der Waals surface area contributed by atoms with Crippen molar-refractivity contribution in [1.82, 2.24) is 9.97 Å². The van der Waals surface area contributed by atoms with E-state index in [-0.39, 0.29) is 5.97 Å². The van der Waals surface area contributed by atoms with Crippen LogP contribution in [-0.4, -0.2) is 23.0 Å². The minimum absolute atomic E-state index is 0.349. The minimum Gasteiger partial charge on any atom is -0.465 e. The van der Waals surface area contributed by atoms with Crippen molar-refractivity contribution >= 4 is 11.7 Å². The number of carbonyl (C=O) groups excluding carboxylic acids is 1. The molecule has 0 spiro atoms. The number of hydrogen-bond donors (Lipinski definition) is 1. The molecule has 92 valence electrons. The Hall–Kier alpha value is -2.43. The zero-order chi connectivity index (χ0) is 12.8. The second kappa shape index (κ2) is 5.77. The Morgan fingerprint density at radius 1 is 1.39 bits per heavy atom. The molecule has 0 bridgehead atoms. The number of rotatable bonds is 4. The highest BCUT2D eigenvalue weighted by molar-refractivity contribution is 5.90. The third-order valence-corrected chi connectivity index (χ3v) is 2.37. The van der Waals surface area contributed by atoms with E-state index in [1.807, 2.05) is 6.07 Å². The number of ether oxygens (including phenoxy) is 1. The molecule has 0 saturated heterocycles. The molecule has 0 atom stereocenters. The summed E-state index contributed by atoms with van der Waals surface area (Å²) in [4.78, 5) is 19.5. The Labute approximate surface area is 105 Å². The summed E-state index contributed by atoms with van der Waals surface area (Å²) in [5, 5.41) is 3.17. The molecule has 0 aliphatic heterocycles. The molecule has 2 rings (SSSR count). The van der Waals surface area contributed by atoms with Crippen molar-refractivity contribution in [2.75, 3.05) is 12.4 Å². The van der Waals surface area contributed by atoms with Crippen molar-refractivity contribution in [2.24, 2.45) is 0 Å². The van der Waals surface area contributed by atoms with Gasteiger partial charge in [0.05, 0.1) is 31.1 Å². The smallest absolute Gasteiger partial charge is 0.337 e. The van der Waals surface area contributed by atoms with Crippen molar-refractivity contribution in [3.63, 3.8) is 0 Å². The van der Waals surface area contributed by atoms with Gasteiger partial charge < -0.3 is 10.1 Å². The van der Waals surface area contributed by atoms with Gasteiger partial charge in [0.1, 0.15) is 0 Å². The van der Waals surface area contributed by atoms with Gasteiger partial charge in [-0.15, -0.1) is 0 Å². The van der Waals surface area contributed by atoms with Crippen LogP contribution in [0.4, 0.5) is 5.69 Å². The Morgan fingerprint density at radius 2 is 2.28 bits per heavy atom. The topological polar surface area (TPSA) is 64.1 Å². The summed E-state index contributed by atoms with van der Waals surface area (Å²) in [6, 6.07) is 7.12. The van der Waals surface area contributed by atoms with Crippen molar-refractivity contribution in [2.45, 2.75) is 6.54 Å². The van der Waals surface area contributed by atoms with Crippen molar-refractivity contribution in [3.05, 3.63) is 54.1 Å². The van der Waals surface area contributed by atoms with Crippen LogP contribution >= 0.6 is 0 Å². The minimum atomic E-state index is -0.349. The van der Waals surface area contributed by atoms with Crippen LogP contribution in [-0.2, 0) is 11.3 Å². The number of benzene rings is 1. The van der Waals surface area contributed by atoms with E-state index in [0.717, 1.165) is 11.4 Å². The normalized spacial score (nSPS) is 9.83. The number of carbonyl (C=O) groups is 1. The number of nitrogens with one attached hydrogen (secondary N) is 1. The lowest BCUT2D eigenvalue weighted by Crippen LogP contribution is -2.04. The van der Waals surface area contributed by atoms with Crippen LogP contribution in [0.25, 0.3) is 0 Å². The molecule has 0 aliphatic carbocycles. The number of hydrogen-bond acceptors (Lipinski definition) is 5. The fourth-order valence-electron chi connectivity index (χ4n) is 1.49. The van der Waals surface area contributed by atoms with Gasteiger partial charge in [-0.25, -0.2) is 4.79 Å². The molecule has 1 aromatic heterocycles. The first-order chi connectivity index (χ1) is 8.79. The molecule has 0 aliphatic rings. The highest BCUT2D eigenvalue weighted by Crippen LogP contribution is 2.12. The molecule has 2 aromatic rings. The molecule has 0 amide bonds. The quantitative estimate of drug-likeness (QED) is 0.830. The Balaban J connectivity index is 2.04. The van der Waals surface area contributed by atoms with Gasteiger partial charge in [0.25, 0.3) is 0 Å². The average Bonchev–Trinajstić information content (AvgIpc) is 2.45. The van der Waals surface area contributed by atoms with Crippen LogP contribution < -0.4 is 5.32 Å². The Morgan fingerprint density at radius 3 is 3.00 bits per heavy atom. The molecule has 0 fully saturated rings. The summed E-state index contributed by atoms with van der Waals surface area (Å²) in [6.45, 7) is 0.554. The lowest BCUT2D eigenvalue weighted by atomic mass is 10.2. The van der Waals surface area contributed by atoms with E-state index in [1.165, 1.54) is 7.11 Å². The van der Waals surface area contributed by atoms with Crippen LogP contribution in [0.15, 0.2) is 42.9 Å². The molecular weight excluding hydrogens is 230 g/mol. The van der Waals surface area contributed by atoms with E-state index in [9.17, 15) is 4.79 Å². The number of esters is 1. The monoisotopic (exact) mass is 243 g/mol. The maximum atomic E-state index is 11.4. The van der Waals surface area contributed by atoms with Crippen molar-refractivity contribution in [3.8, 4) is 0 Å². The number of methoxy groups -OCH3 is 1. The third-order valence-electron chi connectivity index (χ3n) is 2.37. The van der Waals surface area contributed by atoms with Gasteiger partial charge in [-0.3, -0.25) is 9.97 Å². The predicted molar refractivity (Wildman–Crippen MR) is 67.1 cm³/mol. The zero-order valence-corrected chi connectivity index (χ0v) is 9.96. The van der Waals surface area contributed by atoms with Gasteiger partial charge in [-0.05, 0) is 18.2 Å². The lowest BCUT2D eigenvalue weighted by molar-refractivity contribution is 0.0601. The first-order valence-electron chi connectivity index (χ1n) is 5.47. The maximum absolute atomic E-state index is 11.4. The fourth-order valence-corrected chi connectivity index (χ4v) is 1.49. The molecule has 1 heterocycles. The molecule has 0 radical (unpaired) electrons. The molecule has 0 unspecified atom stereocenters. The standard InChI is InChI=1S/C13H13N3O2/c1-18-13(17)10-3-2-4-11(7-10)16-9-12-8-14-5-6-15-12/h2-8,16H,9H2,1H3. The van der Waals surface area contributed by atoms with Crippen LogP contribution in [0.2, 0.25) is 0 Å². The molecule has 1 aromatic carbocycles. The van der Waals surface area contributed by atoms with E-state index < -0.39 is 0 Å². The highest BCUT2D eigenvalue weighted by atomic mass is 16.5. The number of aromatic nitrogens is 2. The average molecular weight is 243 g/mol. The first kappa shape index (κ1) is 12.0. The van der Waals surface area contributed by atoms with Crippen LogP contribution in [0.3, 0.4) is 0 Å². The molecule has 5 heteroatoms. The fraction of sp³-hybridized carbons (Fsp3) is 0.154. The number of anilines is 1. The molecule has 5 nitrogen and oxygen atoms in total. The third kappa shape index (κ3) is 3.04. The Bertz CT molecular complexity index is 529. The summed E-state index contributed by atoms with van der Waals surface area (Å²) in [7, 11) is 1.36. The summed E-state index contributed by atoms with van der Waals surface area (Å²) < 4.78 is 4.66. The van der Waals surface area contributed by atoms with E-state index in [1.54, 1.807) is 36.8 Å². The first-order valence-corrected chi connectivity index (χ1v) is 5.47. The molecule has 0 saturated carbocycles. The van der Waals surface area contributed by atoms with Gasteiger partial charge in [-0.2, -0.15) is 0 Å². The number of nitrogens with zero attached hydrogens (tertiary/aromatic N) is 2. The van der Waals surface area contributed by atoms with Crippen LogP contribution in [0, 0.1) is 0 Å². The van der Waals surface area contributed by atoms with Gasteiger partial charge in [0, 0.05) is 18.1 Å². The van der Waals surface area contributed by atoms with Crippen LogP contribution in [0.1, 0.15) is 16.1 Å². The van der Waals surface area contributed by atoms with Gasteiger partial charge in [0.2, 0.25) is 0 Å². The molecule has 1 N–H and O–H groups in total. The molecule has 18 heavy (non-hydrogen) atoms. The largest absolute Gasteiger partial charge is 0.465 e. The van der Waals surface area contributed by atoms with E-state index in [2.05, 4.69) is 20.0 Å². The van der Waals surface area contributed by atoms with Crippen LogP contribution in [0.5, 0.6) is 0 Å². The summed E-state index contributed by atoms with van der Waals surface area (Å²) >= 11 is 0. The summed E-state index contributed by atoms with van der Waals surface area (Å²) in [6.07, 6.45) is 4.96. The second-order valence-electron chi connectivity index (χ2n) is 3.62. The maximum Gasteiger partial charge on any atom is 0.337 e. The summed E-state index contributed by atoms with van der Waals surface area (Å²) in [5.41, 5.74) is 2.19. The van der Waals surface area contributed by atoms with E-state index in [4.69, 9.17) is 0 Å². The van der Waals surface area contributed by atoms with Crippen molar-refractivity contribution in [1.29, 1.82) is 0 Å². The second-order valence-corrected chi connectivity index (χ2v) is 3.62. The van der Waals surface area contributed by atoms with Crippen molar-refractivity contribution < 1.29 is 9.53 Å². The zero-order valence-electron chi connectivity index (χ0n) is 9.96. The molecular formula is C13H13N3O2. The highest BCUT2D eigenvalue weighted by Gasteiger charge is 2.05. The van der Waals surface area contributed by atoms with E-state index in [0.29, 0.717) is 12.1 Å². The SMILES string of the molecule is COC(=O)c1cccc(NCc2cnccn2)c1. The lowest BCUT2D eigenvalue weighted by Gasteiger charge is -2.07.